The van der Waals surface area contributed by atoms with Gasteiger partial charge in [-0.1, -0.05) is 84.6 Å². The van der Waals surface area contributed by atoms with Crippen molar-refractivity contribution in [2.24, 2.45) is 17.8 Å². The van der Waals surface area contributed by atoms with E-state index in [1.807, 2.05) is 30.3 Å². The SMILES string of the molecule is C=CC1(O)C(C)[C@@H]2[C@@H](C#C[C@H](COc3ccccc3)O[Si](C)(C)C(C)(C)C)[C@H](O[Si](C)(C)C(C)(C)C)CC[C@@]21OC. The smallest absolute Gasteiger partial charge is 0.193 e. The molecule has 3 rings (SSSR count). The highest BCUT2D eigenvalue weighted by Crippen LogP contribution is 2.63. The molecule has 41 heavy (non-hydrogen) atoms. The number of para-hydroxylation sites is 1. The lowest BCUT2D eigenvalue weighted by Gasteiger charge is -2.68. The number of benzene rings is 1. The topological polar surface area (TPSA) is 57.2 Å². The van der Waals surface area contributed by atoms with Gasteiger partial charge in [-0.15, -0.1) is 6.58 Å². The third-order valence-corrected chi connectivity index (χ3v) is 19.8. The molecule has 0 bridgehead atoms. The van der Waals surface area contributed by atoms with Gasteiger partial charge in [0.1, 0.15) is 29.7 Å². The van der Waals surface area contributed by atoms with Gasteiger partial charge in [-0.3, -0.25) is 0 Å². The third-order valence-electron chi connectivity index (χ3n) is 10.8. The van der Waals surface area contributed by atoms with Crippen LogP contribution in [0.25, 0.3) is 0 Å². The van der Waals surface area contributed by atoms with Crippen molar-refractivity contribution in [3.8, 4) is 17.6 Å². The molecule has 0 amide bonds. The summed E-state index contributed by atoms with van der Waals surface area (Å²) >= 11 is 0. The van der Waals surface area contributed by atoms with Crippen molar-refractivity contribution in [2.45, 2.75) is 121 Å². The Labute approximate surface area is 252 Å². The maximum absolute atomic E-state index is 11.7. The quantitative estimate of drug-likeness (QED) is 0.178. The van der Waals surface area contributed by atoms with Crippen molar-refractivity contribution >= 4 is 16.6 Å². The van der Waals surface area contributed by atoms with Gasteiger partial charge in [0, 0.05) is 13.0 Å². The summed E-state index contributed by atoms with van der Waals surface area (Å²) in [5, 5.41) is 11.8. The summed E-state index contributed by atoms with van der Waals surface area (Å²) in [5.41, 5.74) is -1.82. The van der Waals surface area contributed by atoms with Crippen molar-refractivity contribution in [2.75, 3.05) is 13.7 Å². The zero-order valence-corrected chi connectivity index (χ0v) is 29.8. The molecule has 0 aliphatic heterocycles. The lowest BCUT2D eigenvalue weighted by atomic mass is 9.43. The maximum atomic E-state index is 11.7. The number of hydrogen-bond acceptors (Lipinski definition) is 5. The van der Waals surface area contributed by atoms with E-state index in [9.17, 15) is 5.11 Å². The molecule has 1 aromatic carbocycles. The molecule has 0 heterocycles. The van der Waals surface area contributed by atoms with E-state index in [2.05, 4.69) is 93.1 Å². The third kappa shape index (κ3) is 6.44. The summed E-state index contributed by atoms with van der Waals surface area (Å²) in [5.74, 6) is 7.85. The molecule has 2 saturated carbocycles. The molecular weight excluding hydrogens is 545 g/mol. The molecule has 1 N–H and O–H groups in total. The van der Waals surface area contributed by atoms with E-state index in [4.69, 9.17) is 18.3 Å². The standard InChI is InChI=1S/C34H56O5Si2/c1-14-33(35)25(2)30-28(29(22-23-34(30,33)36-9)39-41(12,13)32(6,7)8)21-20-27(38-40(10,11)31(3,4)5)24-37-26-18-16-15-17-19-26/h14-19,25,27-30,35H,1,22-24H2,2-13H3/t25?,27-,28+,29-,30-,33?,34-/m1/s1. The average molecular weight is 601 g/mol. The van der Waals surface area contributed by atoms with Crippen LogP contribution in [-0.2, 0) is 13.6 Å². The summed E-state index contributed by atoms with van der Waals surface area (Å²) in [7, 11) is -2.51. The zero-order chi connectivity index (χ0) is 31.1. The van der Waals surface area contributed by atoms with Crippen LogP contribution in [-0.4, -0.2) is 58.9 Å². The highest BCUT2D eigenvalue weighted by Gasteiger charge is 2.73. The Balaban J connectivity index is 2.03. The van der Waals surface area contributed by atoms with Crippen LogP contribution in [0.15, 0.2) is 43.0 Å². The van der Waals surface area contributed by atoms with Crippen molar-refractivity contribution in [1.82, 2.24) is 0 Å². The second kappa shape index (κ2) is 11.9. The van der Waals surface area contributed by atoms with Crippen molar-refractivity contribution in [3.05, 3.63) is 43.0 Å². The van der Waals surface area contributed by atoms with Crippen LogP contribution in [0.3, 0.4) is 0 Å². The fraction of sp³-hybridized carbons (Fsp3) is 0.706. The fourth-order valence-electron chi connectivity index (χ4n) is 6.12. The number of ether oxygens (including phenoxy) is 2. The Morgan fingerprint density at radius 3 is 2.15 bits per heavy atom. The molecule has 2 aliphatic rings. The minimum atomic E-state index is -2.14. The number of hydrogen-bond donors (Lipinski definition) is 1. The summed E-state index contributed by atoms with van der Waals surface area (Å²) in [6.07, 6.45) is 2.72. The monoisotopic (exact) mass is 600 g/mol. The Morgan fingerprint density at radius 1 is 1.05 bits per heavy atom. The van der Waals surface area contributed by atoms with Crippen LogP contribution in [0.4, 0.5) is 0 Å². The Bertz CT molecular complexity index is 1110. The fourth-order valence-corrected chi connectivity index (χ4v) is 8.68. The van der Waals surface area contributed by atoms with E-state index in [1.54, 1.807) is 13.2 Å². The summed E-state index contributed by atoms with van der Waals surface area (Å²) in [6, 6.07) is 9.84. The maximum Gasteiger partial charge on any atom is 0.193 e. The summed E-state index contributed by atoms with van der Waals surface area (Å²) in [4.78, 5) is 0. The molecule has 2 aliphatic carbocycles. The van der Waals surface area contributed by atoms with E-state index in [-0.39, 0.29) is 33.9 Å². The predicted molar refractivity (Wildman–Crippen MR) is 174 cm³/mol. The Hall–Kier alpha value is -1.41. The molecule has 0 aromatic heterocycles. The van der Waals surface area contributed by atoms with E-state index in [1.165, 1.54) is 0 Å². The normalized spacial score (nSPS) is 31.2. The van der Waals surface area contributed by atoms with Crippen LogP contribution < -0.4 is 4.74 Å². The van der Waals surface area contributed by atoms with E-state index in [0.29, 0.717) is 13.0 Å². The minimum Gasteiger partial charge on any atom is -0.490 e. The second-order valence-corrected chi connectivity index (χ2v) is 24.7. The first-order valence-electron chi connectivity index (χ1n) is 15.2. The summed E-state index contributed by atoms with van der Waals surface area (Å²) < 4.78 is 26.3. The van der Waals surface area contributed by atoms with Gasteiger partial charge in [0.05, 0.1) is 12.0 Å². The molecule has 0 radical (unpaired) electrons. The number of rotatable bonds is 9. The number of methoxy groups -OCH3 is 1. The molecular formula is C34H56O5Si2. The van der Waals surface area contributed by atoms with Gasteiger partial charge >= 0.3 is 0 Å². The number of fused-ring (bicyclic) bond motifs is 1. The summed E-state index contributed by atoms with van der Waals surface area (Å²) in [6.45, 7) is 29.1. The largest absolute Gasteiger partial charge is 0.490 e. The molecule has 5 nitrogen and oxygen atoms in total. The molecule has 2 fully saturated rings. The molecule has 0 spiro atoms. The van der Waals surface area contributed by atoms with Gasteiger partial charge < -0.3 is 23.4 Å². The van der Waals surface area contributed by atoms with Gasteiger partial charge in [0.25, 0.3) is 0 Å². The first-order valence-corrected chi connectivity index (χ1v) is 21.0. The zero-order valence-electron chi connectivity index (χ0n) is 27.8. The van der Waals surface area contributed by atoms with Crippen molar-refractivity contribution in [1.29, 1.82) is 0 Å². The Morgan fingerprint density at radius 2 is 1.63 bits per heavy atom. The van der Waals surface area contributed by atoms with Crippen molar-refractivity contribution < 1.29 is 23.4 Å². The van der Waals surface area contributed by atoms with E-state index in [0.717, 1.165) is 12.2 Å². The van der Waals surface area contributed by atoms with Crippen LogP contribution in [0.5, 0.6) is 5.75 Å². The van der Waals surface area contributed by atoms with Gasteiger partial charge in [0.2, 0.25) is 0 Å². The van der Waals surface area contributed by atoms with Gasteiger partial charge in [-0.2, -0.15) is 0 Å². The van der Waals surface area contributed by atoms with Crippen molar-refractivity contribution in [3.63, 3.8) is 0 Å². The van der Waals surface area contributed by atoms with E-state index < -0.39 is 33.9 Å². The van der Waals surface area contributed by atoms with Gasteiger partial charge in [-0.05, 0) is 67.2 Å². The molecule has 230 valence electrons. The first-order chi connectivity index (χ1) is 18.8. The average Bonchev–Trinajstić information content (AvgIpc) is 2.88. The van der Waals surface area contributed by atoms with Crippen LogP contribution in [0.2, 0.25) is 36.3 Å². The molecule has 7 heteroatoms. The lowest BCUT2D eigenvalue weighted by Crippen LogP contribution is -2.78. The highest BCUT2D eigenvalue weighted by atomic mass is 28.4. The molecule has 7 atom stereocenters. The van der Waals surface area contributed by atoms with Gasteiger partial charge in [-0.25, -0.2) is 0 Å². The Kier molecular flexibility index (Phi) is 9.93. The predicted octanol–water partition coefficient (Wildman–Crippen LogP) is 7.83. The van der Waals surface area contributed by atoms with Crippen LogP contribution >= 0.6 is 0 Å². The first kappa shape index (κ1) is 34.1. The second-order valence-electron chi connectivity index (χ2n) is 15.2. The number of aliphatic hydroxyl groups is 1. The van der Waals surface area contributed by atoms with Gasteiger partial charge in [0.15, 0.2) is 16.6 Å². The van der Waals surface area contributed by atoms with Crippen LogP contribution in [0, 0.1) is 29.6 Å². The minimum absolute atomic E-state index is 0.00933. The molecule has 1 aromatic rings. The lowest BCUT2D eigenvalue weighted by molar-refractivity contribution is -0.316. The molecule has 0 saturated heterocycles. The molecule has 2 unspecified atom stereocenters. The van der Waals surface area contributed by atoms with E-state index >= 15 is 0 Å². The highest BCUT2D eigenvalue weighted by molar-refractivity contribution is 6.74. The van der Waals surface area contributed by atoms with Crippen LogP contribution in [0.1, 0.15) is 61.3 Å².